The van der Waals surface area contributed by atoms with E-state index in [0.717, 1.165) is 41.9 Å². The second-order valence-electron chi connectivity index (χ2n) is 7.86. The first-order valence-corrected chi connectivity index (χ1v) is 10.6. The zero-order chi connectivity index (χ0) is 22.5. The summed E-state index contributed by atoms with van der Waals surface area (Å²) >= 11 is 0. The number of carbonyl (C=O) groups is 1. The monoisotopic (exact) mass is 443 g/mol. The van der Waals surface area contributed by atoms with Crippen LogP contribution in [-0.4, -0.2) is 45.2 Å². The topological polar surface area (TPSA) is 63.1 Å². The first kappa shape index (κ1) is 22.0. The number of benzene rings is 2. The molecule has 1 aliphatic rings. The molecule has 168 valence electrons. The summed E-state index contributed by atoms with van der Waals surface area (Å²) in [6, 6.07) is 9.86. The minimum Gasteiger partial charge on any atom is -0.355 e. The van der Waals surface area contributed by atoms with Crippen molar-refractivity contribution in [2.24, 2.45) is 0 Å². The van der Waals surface area contributed by atoms with Crippen LogP contribution in [0.1, 0.15) is 22.8 Å². The van der Waals surface area contributed by atoms with Crippen molar-refractivity contribution in [2.45, 2.75) is 32.4 Å². The third-order valence-electron chi connectivity index (χ3n) is 5.53. The quantitative estimate of drug-likeness (QED) is 0.610. The van der Waals surface area contributed by atoms with E-state index in [9.17, 15) is 18.0 Å². The summed E-state index contributed by atoms with van der Waals surface area (Å²) in [5, 5.41) is 11.4. The lowest BCUT2D eigenvalue weighted by molar-refractivity contribution is -0.120. The van der Waals surface area contributed by atoms with Crippen LogP contribution in [-0.2, 0) is 37.1 Å². The molecule has 0 spiro atoms. The molecule has 0 unspecified atom stereocenters. The van der Waals surface area contributed by atoms with Gasteiger partial charge in [0.25, 0.3) is 0 Å². The average Bonchev–Trinajstić information content (AvgIpc) is 3.04. The van der Waals surface area contributed by atoms with E-state index in [-0.39, 0.29) is 18.1 Å². The Hall–Kier alpha value is -3.20. The molecule has 1 aliphatic heterocycles. The lowest BCUT2D eigenvalue weighted by Crippen LogP contribution is -2.28. The van der Waals surface area contributed by atoms with Crippen molar-refractivity contribution in [1.82, 2.24) is 25.0 Å². The number of amides is 1. The number of hydrogen-bond donors (Lipinski definition) is 1. The zero-order valence-electron chi connectivity index (χ0n) is 17.5. The molecule has 6 nitrogen and oxygen atoms in total. The molecular formula is C23H24F3N5O. The van der Waals surface area contributed by atoms with Gasteiger partial charge in [-0.3, -0.25) is 9.69 Å². The summed E-state index contributed by atoms with van der Waals surface area (Å²) in [4.78, 5) is 14.3. The Morgan fingerprint density at radius 2 is 1.72 bits per heavy atom. The minimum absolute atomic E-state index is 0.134. The third-order valence-corrected chi connectivity index (χ3v) is 5.53. The first-order chi connectivity index (χ1) is 15.5. The van der Waals surface area contributed by atoms with E-state index < -0.39 is 11.6 Å². The van der Waals surface area contributed by atoms with E-state index in [1.165, 1.54) is 18.2 Å². The molecule has 0 bridgehead atoms. The molecule has 2 aromatic carbocycles. The molecular weight excluding hydrogens is 419 g/mol. The van der Waals surface area contributed by atoms with Gasteiger partial charge in [0, 0.05) is 45.6 Å². The van der Waals surface area contributed by atoms with E-state index >= 15 is 0 Å². The molecule has 32 heavy (non-hydrogen) atoms. The van der Waals surface area contributed by atoms with Gasteiger partial charge in [-0.15, -0.1) is 10.2 Å². The van der Waals surface area contributed by atoms with Crippen molar-refractivity contribution in [3.05, 3.63) is 82.7 Å². The van der Waals surface area contributed by atoms with Gasteiger partial charge in [-0.2, -0.15) is 0 Å². The highest BCUT2D eigenvalue weighted by molar-refractivity contribution is 5.78. The maximum atomic E-state index is 13.5. The second-order valence-corrected chi connectivity index (χ2v) is 7.86. The summed E-state index contributed by atoms with van der Waals surface area (Å²) in [7, 11) is 0. The molecule has 9 heteroatoms. The van der Waals surface area contributed by atoms with Gasteiger partial charge >= 0.3 is 0 Å². The largest absolute Gasteiger partial charge is 0.355 e. The smallest absolute Gasteiger partial charge is 0.224 e. The van der Waals surface area contributed by atoms with Crippen LogP contribution in [0.2, 0.25) is 0 Å². The highest BCUT2D eigenvalue weighted by Gasteiger charge is 2.19. The molecule has 1 N–H and O–H groups in total. The lowest BCUT2D eigenvalue weighted by Gasteiger charge is -2.19. The molecule has 1 aromatic heterocycles. The Morgan fingerprint density at radius 3 is 2.50 bits per heavy atom. The summed E-state index contributed by atoms with van der Waals surface area (Å²) in [5.74, 6) is -0.458. The number of rotatable bonds is 7. The normalized spacial score (nSPS) is 14.1. The van der Waals surface area contributed by atoms with Crippen LogP contribution in [0.4, 0.5) is 13.2 Å². The molecule has 0 fully saturated rings. The van der Waals surface area contributed by atoms with Crippen molar-refractivity contribution in [2.75, 3.05) is 19.6 Å². The molecule has 1 amide bonds. The number of carbonyl (C=O) groups excluding carboxylic acids is 1. The summed E-state index contributed by atoms with van der Waals surface area (Å²) in [6.45, 7) is 3.12. The van der Waals surface area contributed by atoms with Crippen molar-refractivity contribution in [3.63, 3.8) is 0 Å². The molecule has 3 aromatic rings. The van der Waals surface area contributed by atoms with Gasteiger partial charge in [0.15, 0.2) is 11.6 Å². The summed E-state index contributed by atoms with van der Waals surface area (Å²) in [5.41, 5.74) is 1.48. The fourth-order valence-corrected chi connectivity index (χ4v) is 3.83. The van der Waals surface area contributed by atoms with Gasteiger partial charge in [-0.25, -0.2) is 13.2 Å². The van der Waals surface area contributed by atoms with Crippen LogP contribution < -0.4 is 5.32 Å². The number of halogens is 3. The van der Waals surface area contributed by atoms with Crippen LogP contribution in [0.3, 0.4) is 0 Å². The second kappa shape index (κ2) is 9.95. The molecule has 0 aliphatic carbocycles. The first-order valence-electron chi connectivity index (χ1n) is 10.6. The van der Waals surface area contributed by atoms with Gasteiger partial charge in [0.2, 0.25) is 5.91 Å². The van der Waals surface area contributed by atoms with Gasteiger partial charge in [0.1, 0.15) is 17.5 Å². The standard InChI is InChI=1S/C23H24F3N5O/c24-18-4-1-16(2-5-18)14-23(32)27-9-7-21-28-29-22-8-10-30(11-12-31(21)22)15-17-3-6-19(25)20(26)13-17/h1-6,13H,7-12,14-15H2,(H,27,32). The van der Waals surface area contributed by atoms with Gasteiger partial charge < -0.3 is 9.88 Å². The molecule has 0 saturated carbocycles. The van der Waals surface area contributed by atoms with Crippen LogP contribution in [0, 0.1) is 17.5 Å². The number of nitrogens with one attached hydrogen (secondary N) is 1. The molecule has 0 saturated heterocycles. The van der Waals surface area contributed by atoms with Gasteiger partial charge in [0.05, 0.1) is 6.42 Å². The molecule has 0 atom stereocenters. The van der Waals surface area contributed by atoms with Crippen molar-refractivity contribution in [3.8, 4) is 0 Å². The Bertz CT molecular complexity index is 1080. The molecule has 0 radical (unpaired) electrons. The summed E-state index contributed by atoms with van der Waals surface area (Å²) in [6.07, 6.45) is 1.44. The fraction of sp³-hybridized carbons (Fsp3) is 0.348. The van der Waals surface area contributed by atoms with Crippen molar-refractivity contribution >= 4 is 5.91 Å². The maximum absolute atomic E-state index is 13.5. The van der Waals surface area contributed by atoms with E-state index in [1.54, 1.807) is 18.2 Å². The average molecular weight is 443 g/mol. The fourth-order valence-electron chi connectivity index (χ4n) is 3.83. The highest BCUT2D eigenvalue weighted by Crippen LogP contribution is 2.15. The maximum Gasteiger partial charge on any atom is 0.224 e. The van der Waals surface area contributed by atoms with Crippen LogP contribution >= 0.6 is 0 Å². The zero-order valence-corrected chi connectivity index (χ0v) is 17.5. The highest BCUT2D eigenvalue weighted by atomic mass is 19.2. The Kier molecular flexibility index (Phi) is 6.84. The molecule has 4 rings (SSSR count). The Labute approximate surface area is 184 Å². The van der Waals surface area contributed by atoms with Gasteiger partial charge in [-0.1, -0.05) is 18.2 Å². The minimum atomic E-state index is -0.842. The number of nitrogens with zero attached hydrogens (tertiary/aromatic N) is 4. The Balaban J connectivity index is 1.27. The van der Waals surface area contributed by atoms with Crippen molar-refractivity contribution in [1.29, 1.82) is 0 Å². The predicted molar refractivity (Wildman–Crippen MR) is 112 cm³/mol. The van der Waals surface area contributed by atoms with Crippen LogP contribution in [0.25, 0.3) is 0 Å². The SMILES string of the molecule is O=C(Cc1ccc(F)cc1)NCCc1nnc2n1CCN(Cc1ccc(F)c(F)c1)CC2. The number of fused-ring (bicyclic) bond motifs is 1. The predicted octanol–water partition coefficient (Wildman–Crippen LogP) is 2.66. The van der Waals surface area contributed by atoms with E-state index in [0.29, 0.717) is 32.5 Å². The number of hydrogen-bond acceptors (Lipinski definition) is 4. The lowest BCUT2D eigenvalue weighted by atomic mass is 10.1. The summed E-state index contributed by atoms with van der Waals surface area (Å²) < 4.78 is 41.7. The van der Waals surface area contributed by atoms with Crippen LogP contribution in [0.5, 0.6) is 0 Å². The number of aromatic nitrogens is 3. The van der Waals surface area contributed by atoms with Crippen molar-refractivity contribution < 1.29 is 18.0 Å². The molecule has 2 heterocycles. The van der Waals surface area contributed by atoms with E-state index in [4.69, 9.17) is 0 Å². The van der Waals surface area contributed by atoms with E-state index in [1.807, 2.05) is 0 Å². The van der Waals surface area contributed by atoms with Crippen LogP contribution in [0.15, 0.2) is 42.5 Å². The Morgan fingerprint density at radius 1 is 0.938 bits per heavy atom. The third kappa shape index (κ3) is 5.53. The van der Waals surface area contributed by atoms with Gasteiger partial charge in [-0.05, 0) is 35.4 Å². The van der Waals surface area contributed by atoms with E-state index in [2.05, 4.69) is 25.0 Å².